The number of hydrogen-bond acceptors (Lipinski definition) is 3. The molecule has 0 saturated heterocycles. The number of nitrogens with one attached hydrogen (secondary N) is 1. The van der Waals surface area contributed by atoms with E-state index in [2.05, 4.69) is 19.2 Å². The van der Waals surface area contributed by atoms with Gasteiger partial charge in [0.15, 0.2) is 0 Å². The Bertz CT molecular complexity index is 918. The highest BCUT2D eigenvalue weighted by atomic mass is 35.5. The molecule has 2 aromatic rings. The van der Waals surface area contributed by atoms with Gasteiger partial charge in [0.25, 0.3) is 11.8 Å². The number of halogens is 2. The third-order valence-corrected chi connectivity index (χ3v) is 4.88. The summed E-state index contributed by atoms with van der Waals surface area (Å²) in [6.07, 6.45) is 0. The zero-order valence-corrected chi connectivity index (χ0v) is 16.2. The molecule has 1 heterocycles. The van der Waals surface area contributed by atoms with E-state index in [-0.39, 0.29) is 10.7 Å². The highest BCUT2D eigenvalue weighted by Crippen LogP contribution is 2.32. The average molecular weight is 389 g/mol. The lowest BCUT2D eigenvalue weighted by Crippen LogP contribution is -2.32. The van der Waals surface area contributed by atoms with Gasteiger partial charge in [0.05, 0.1) is 5.69 Å². The summed E-state index contributed by atoms with van der Waals surface area (Å²) in [6.45, 7) is 6.01. The SMILES string of the molecule is Cc1cc(Cl)ccc1NC1=C(Cl)C(=O)N(c2ccc(C(C)C)cc2)C1=O. The fourth-order valence-corrected chi connectivity index (χ4v) is 3.20. The first-order valence-corrected chi connectivity index (χ1v) is 8.97. The van der Waals surface area contributed by atoms with Crippen molar-refractivity contribution in [3.05, 3.63) is 69.3 Å². The number of aryl methyl sites for hydroxylation is 1. The van der Waals surface area contributed by atoms with Crippen molar-refractivity contribution < 1.29 is 9.59 Å². The van der Waals surface area contributed by atoms with E-state index >= 15 is 0 Å². The molecule has 0 fully saturated rings. The highest BCUT2D eigenvalue weighted by molar-refractivity contribution is 6.53. The molecule has 26 heavy (non-hydrogen) atoms. The van der Waals surface area contributed by atoms with E-state index in [1.807, 2.05) is 19.1 Å². The molecular formula is C20H18Cl2N2O2. The zero-order valence-electron chi connectivity index (χ0n) is 14.6. The molecule has 4 nitrogen and oxygen atoms in total. The maximum Gasteiger partial charge on any atom is 0.283 e. The van der Waals surface area contributed by atoms with Gasteiger partial charge in [0.2, 0.25) is 0 Å². The Morgan fingerprint density at radius 1 is 0.962 bits per heavy atom. The third kappa shape index (κ3) is 3.35. The molecule has 0 aliphatic carbocycles. The number of nitrogens with zero attached hydrogens (tertiary/aromatic N) is 1. The third-order valence-electron chi connectivity index (χ3n) is 4.29. The van der Waals surface area contributed by atoms with Gasteiger partial charge in [-0.25, -0.2) is 4.90 Å². The van der Waals surface area contributed by atoms with Crippen LogP contribution >= 0.6 is 23.2 Å². The minimum Gasteiger partial charge on any atom is -0.349 e. The van der Waals surface area contributed by atoms with Crippen LogP contribution in [0.1, 0.15) is 30.9 Å². The Morgan fingerprint density at radius 3 is 2.19 bits per heavy atom. The number of hydrogen-bond donors (Lipinski definition) is 1. The molecule has 0 aromatic heterocycles. The lowest BCUT2D eigenvalue weighted by atomic mass is 10.0. The van der Waals surface area contributed by atoms with Crippen LogP contribution < -0.4 is 10.2 Å². The minimum atomic E-state index is -0.539. The molecular weight excluding hydrogens is 371 g/mol. The van der Waals surface area contributed by atoms with Crippen LogP contribution in [0, 0.1) is 6.92 Å². The number of carbonyl (C=O) groups excluding carboxylic acids is 2. The maximum absolute atomic E-state index is 12.8. The number of rotatable bonds is 4. The maximum atomic E-state index is 12.8. The van der Waals surface area contributed by atoms with Gasteiger partial charge in [0, 0.05) is 10.7 Å². The van der Waals surface area contributed by atoms with Crippen molar-refractivity contribution in [2.45, 2.75) is 26.7 Å². The molecule has 0 spiro atoms. The number of anilines is 2. The van der Waals surface area contributed by atoms with Crippen LogP contribution in [0.4, 0.5) is 11.4 Å². The van der Waals surface area contributed by atoms with Crippen molar-refractivity contribution >= 4 is 46.4 Å². The summed E-state index contributed by atoms with van der Waals surface area (Å²) in [7, 11) is 0. The molecule has 6 heteroatoms. The van der Waals surface area contributed by atoms with E-state index in [1.54, 1.807) is 30.3 Å². The number of carbonyl (C=O) groups is 2. The lowest BCUT2D eigenvalue weighted by molar-refractivity contribution is -0.120. The topological polar surface area (TPSA) is 49.4 Å². The van der Waals surface area contributed by atoms with Crippen molar-refractivity contribution in [2.75, 3.05) is 10.2 Å². The molecule has 1 N–H and O–H groups in total. The lowest BCUT2D eigenvalue weighted by Gasteiger charge is -2.16. The summed E-state index contributed by atoms with van der Waals surface area (Å²) in [6, 6.07) is 12.5. The van der Waals surface area contributed by atoms with Gasteiger partial charge in [-0.1, -0.05) is 49.2 Å². The quantitative estimate of drug-likeness (QED) is 0.731. The Kier molecular flexibility index (Phi) is 5.08. The fourth-order valence-electron chi connectivity index (χ4n) is 2.76. The second-order valence-corrected chi connectivity index (χ2v) is 7.28. The number of amides is 2. The van der Waals surface area contributed by atoms with E-state index in [0.29, 0.717) is 22.3 Å². The summed E-state index contributed by atoms with van der Waals surface area (Å²) in [5, 5.41) is 3.44. The summed E-state index contributed by atoms with van der Waals surface area (Å²) in [4.78, 5) is 26.4. The van der Waals surface area contributed by atoms with E-state index in [4.69, 9.17) is 23.2 Å². The van der Waals surface area contributed by atoms with E-state index in [0.717, 1.165) is 16.0 Å². The summed E-state index contributed by atoms with van der Waals surface area (Å²) >= 11 is 12.1. The molecule has 1 aliphatic heterocycles. The van der Waals surface area contributed by atoms with Crippen LogP contribution in [0.25, 0.3) is 0 Å². The molecule has 0 bridgehead atoms. The van der Waals surface area contributed by atoms with Gasteiger partial charge in [-0.05, 0) is 54.3 Å². The van der Waals surface area contributed by atoms with Crippen LogP contribution in [-0.4, -0.2) is 11.8 Å². The van der Waals surface area contributed by atoms with Gasteiger partial charge < -0.3 is 5.32 Å². The largest absolute Gasteiger partial charge is 0.349 e. The molecule has 0 unspecified atom stereocenters. The van der Waals surface area contributed by atoms with Crippen molar-refractivity contribution in [2.24, 2.45) is 0 Å². The summed E-state index contributed by atoms with van der Waals surface area (Å²) in [5.41, 5.74) is 3.19. The van der Waals surface area contributed by atoms with Crippen molar-refractivity contribution in [3.63, 3.8) is 0 Å². The van der Waals surface area contributed by atoms with Crippen LogP contribution in [0.2, 0.25) is 5.02 Å². The van der Waals surface area contributed by atoms with E-state index in [1.165, 1.54) is 0 Å². The standard InChI is InChI=1S/C20H18Cl2N2O2/c1-11(2)13-4-7-15(8-5-13)24-19(25)17(22)18(20(24)26)23-16-9-6-14(21)10-12(16)3/h4-11,23H,1-3H3. The van der Waals surface area contributed by atoms with Crippen molar-refractivity contribution in [3.8, 4) is 0 Å². The van der Waals surface area contributed by atoms with Gasteiger partial charge in [-0.3, -0.25) is 9.59 Å². The molecule has 1 aliphatic rings. The molecule has 3 rings (SSSR count). The Morgan fingerprint density at radius 2 is 1.62 bits per heavy atom. The first kappa shape index (κ1) is 18.5. The monoisotopic (exact) mass is 388 g/mol. The van der Waals surface area contributed by atoms with E-state index < -0.39 is 11.8 Å². The second kappa shape index (κ2) is 7.14. The van der Waals surface area contributed by atoms with Gasteiger partial charge in [-0.2, -0.15) is 0 Å². The second-order valence-electron chi connectivity index (χ2n) is 6.47. The normalized spacial score (nSPS) is 14.6. The smallest absolute Gasteiger partial charge is 0.283 e. The van der Waals surface area contributed by atoms with Crippen LogP contribution in [0.5, 0.6) is 0 Å². The van der Waals surface area contributed by atoms with Gasteiger partial charge in [-0.15, -0.1) is 0 Å². The first-order chi connectivity index (χ1) is 12.3. The van der Waals surface area contributed by atoms with Crippen molar-refractivity contribution in [1.82, 2.24) is 0 Å². The predicted molar refractivity (Wildman–Crippen MR) is 106 cm³/mol. The summed E-state index contributed by atoms with van der Waals surface area (Å²) < 4.78 is 0. The minimum absolute atomic E-state index is 0.0648. The van der Waals surface area contributed by atoms with Crippen molar-refractivity contribution in [1.29, 1.82) is 0 Å². The molecule has 0 saturated carbocycles. The summed E-state index contributed by atoms with van der Waals surface area (Å²) in [5.74, 6) is -0.657. The molecule has 2 aromatic carbocycles. The number of imide groups is 1. The van der Waals surface area contributed by atoms with Crippen LogP contribution in [-0.2, 0) is 9.59 Å². The Labute approximate surface area is 162 Å². The molecule has 2 amide bonds. The average Bonchev–Trinajstić information content (AvgIpc) is 2.80. The van der Waals surface area contributed by atoms with Crippen LogP contribution in [0.3, 0.4) is 0 Å². The van der Waals surface area contributed by atoms with Crippen LogP contribution in [0.15, 0.2) is 53.2 Å². The Hall–Kier alpha value is -2.30. The van der Waals surface area contributed by atoms with Gasteiger partial charge in [0.1, 0.15) is 10.7 Å². The highest BCUT2D eigenvalue weighted by Gasteiger charge is 2.39. The fraction of sp³-hybridized carbons (Fsp3) is 0.200. The molecule has 0 atom stereocenters. The Balaban J connectivity index is 1.89. The number of benzene rings is 2. The zero-order chi connectivity index (χ0) is 19.0. The van der Waals surface area contributed by atoms with E-state index in [9.17, 15) is 9.59 Å². The predicted octanol–water partition coefficient (Wildman–Crippen LogP) is 5.21. The molecule has 134 valence electrons. The molecule has 0 radical (unpaired) electrons. The van der Waals surface area contributed by atoms with Gasteiger partial charge >= 0.3 is 0 Å². The first-order valence-electron chi connectivity index (χ1n) is 8.21.